The molecule has 4 aromatic carbocycles. The van der Waals surface area contributed by atoms with Crippen LogP contribution in [-0.4, -0.2) is 51.7 Å². The first-order chi connectivity index (χ1) is 24.3. The van der Waals surface area contributed by atoms with Crippen molar-refractivity contribution in [2.75, 3.05) is 59.1 Å². The number of anilines is 4. The van der Waals surface area contributed by atoms with Crippen molar-refractivity contribution in [2.24, 2.45) is 10.2 Å². The number of hydrogen-bond acceptors (Lipinski definition) is 6. The lowest BCUT2D eigenvalue weighted by atomic mass is 9.90. The van der Waals surface area contributed by atoms with Gasteiger partial charge in [0.05, 0.1) is 23.8 Å². The quantitative estimate of drug-likeness (QED) is 0.0874. The van der Waals surface area contributed by atoms with Crippen LogP contribution in [0.2, 0.25) is 0 Å². The van der Waals surface area contributed by atoms with Crippen LogP contribution in [0, 0.1) is 0 Å². The molecule has 8 rings (SSSR count). The molecule has 0 spiro atoms. The fraction of sp³-hybridized carbons (Fsp3) is 0.395. The van der Waals surface area contributed by atoms with Crippen LogP contribution in [0.25, 0.3) is 0 Å². The van der Waals surface area contributed by atoms with Crippen molar-refractivity contribution in [2.45, 2.75) is 70.6 Å². The second kappa shape index (κ2) is 14.9. The monoisotopic (exact) mass is 650 g/mol. The van der Waals surface area contributed by atoms with E-state index >= 15 is 0 Å². The van der Waals surface area contributed by atoms with E-state index < -0.39 is 0 Å². The van der Waals surface area contributed by atoms with E-state index in [9.17, 15) is 0 Å². The molecule has 0 unspecified atom stereocenters. The zero-order chi connectivity index (χ0) is 32.8. The predicted molar refractivity (Wildman–Crippen MR) is 207 cm³/mol. The van der Waals surface area contributed by atoms with Crippen LogP contribution >= 0.6 is 0 Å². The molecule has 0 amide bonds. The number of rotatable bonds is 12. The van der Waals surface area contributed by atoms with Gasteiger partial charge in [0, 0.05) is 50.6 Å². The summed E-state index contributed by atoms with van der Waals surface area (Å²) in [7, 11) is 0. The van der Waals surface area contributed by atoms with Crippen LogP contribution in [0.15, 0.2) is 95.1 Å². The molecular formula is C43H50N6. The smallest absolute Gasteiger partial charge is 0.0593 e. The number of para-hydroxylation sites is 2. The van der Waals surface area contributed by atoms with Crippen molar-refractivity contribution in [3.63, 3.8) is 0 Å². The summed E-state index contributed by atoms with van der Waals surface area (Å²) in [6.07, 6.45) is 17.2. The molecule has 49 heavy (non-hydrogen) atoms. The Morgan fingerprint density at radius 2 is 0.857 bits per heavy atom. The van der Waals surface area contributed by atoms with Gasteiger partial charge in [-0.15, -0.1) is 0 Å². The van der Waals surface area contributed by atoms with E-state index in [1.807, 2.05) is 0 Å². The molecule has 0 fully saturated rings. The summed E-state index contributed by atoms with van der Waals surface area (Å²) >= 11 is 0. The van der Waals surface area contributed by atoms with E-state index in [0.29, 0.717) is 0 Å². The third-order valence-electron chi connectivity index (χ3n) is 10.7. The average Bonchev–Trinajstić information content (AvgIpc) is 3.15. The van der Waals surface area contributed by atoms with Crippen molar-refractivity contribution in [1.29, 1.82) is 0 Å². The average molecular weight is 651 g/mol. The number of hydrazone groups is 2. The lowest BCUT2D eigenvalue weighted by molar-refractivity contribution is 0.634. The number of unbranched alkanes of at least 4 members (excludes halogenated alkanes) is 2. The number of hydrogen-bond donors (Lipinski definition) is 0. The first-order valence-corrected chi connectivity index (χ1v) is 18.8. The number of aryl methyl sites for hydroxylation is 4. The molecule has 4 aromatic rings. The predicted octanol–water partition coefficient (Wildman–Crippen LogP) is 8.64. The van der Waals surface area contributed by atoms with Crippen molar-refractivity contribution in [3.05, 3.63) is 118 Å². The Balaban J connectivity index is 0.925. The minimum Gasteiger partial charge on any atom is -0.371 e. The van der Waals surface area contributed by atoms with Crippen LogP contribution in [0.5, 0.6) is 0 Å². The van der Waals surface area contributed by atoms with Crippen LogP contribution in [0.3, 0.4) is 0 Å². The van der Waals surface area contributed by atoms with Gasteiger partial charge in [0.1, 0.15) is 0 Å². The topological polar surface area (TPSA) is 37.7 Å². The molecule has 0 radical (unpaired) electrons. The Labute approximate surface area is 292 Å². The molecule has 0 saturated heterocycles. The Bertz CT molecular complexity index is 1590. The van der Waals surface area contributed by atoms with Gasteiger partial charge >= 0.3 is 0 Å². The molecule has 4 aliphatic heterocycles. The minimum atomic E-state index is 0.885. The molecule has 0 saturated carbocycles. The highest BCUT2D eigenvalue weighted by Crippen LogP contribution is 2.37. The van der Waals surface area contributed by atoms with E-state index in [4.69, 9.17) is 10.2 Å². The normalized spacial score (nSPS) is 16.6. The summed E-state index contributed by atoms with van der Waals surface area (Å²) in [4.78, 5) is 5.21. The molecule has 252 valence electrons. The molecule has 6 nitrogen and oxygen atoms in total. The van der Waals surface area contributed by atoms with E-state index in [1.165, 1.54) is 122 Å². The third kappa shape index (κ3) is 7.24. The zero-order valence-corrected chi connectivity index (χ0v) is 28.9. The van der Waals surface area contributed by atoms with Gasteiger partial charge in [-0.25, -0.2) is 0 Å². The molecule has 0 aromatic heterocycles. The second-order valence-corrected chi connectivity index (χ2v) is 14.2. The Hall–Kier alpha value is -4.58. The molecular weight excluding hydrogens is 601 g/mol. The standard InChI is InChI=1S/C43H50N6/c1-4-18-40(19-5-1)48(44-32-34-28-36-14-10-22-46-23-11-15-37(29-34)42(36)46)26-8-3-9-27-49(41-20-6-2-7-21-41)45-33-35-30-38-16-12-24-47-25-13-17-39(31-35)43(38)47/h1-2,4-7,18-21,28-33H,3,8-17,22-27H2/b44-32+,45-33+. The van der Waals surface area contributed by atoms with Gasteiger partial charge in [0.25, 0.3) is 0 Å². The molecule has 6 heteroatoms. The summed E-state index contributed by atoms with van der Waals surface area (Å²) in [5.41, 5.74) is 13.8. The maximum atomic E-state index is 5.08. The highest BCUT2D eigenvalue weighted by molar-refractivity contribution is 5.84. The summed E-state index contributed by atoms with van der Waals surface area (Å²) in [6.45, 7) is 6.60. The summed E-state index contributed by atoms with van der Waals surface area (Å²) in [5, 5.41) is 14.5. The van der Waals surface area contributed by atoms with Crippen LogP contribution in [0.4, 0.5) is 22.7 Å². The van der Waals surface area contributed by atoms with Gasteiger partial charge in [-0.3, -0.25) is 10.0 Å². The van der Waals surface area contributed by atoms with Gasteiger partial charge in [-0.05, 0) is 153 Å². The first-order valence-electron chi connectivity index (χ1n) is 18.8. The Morgan fingerprint density at radius 3 is 1.22 bits per heavy atom. The molecule has 0 aliphatic carbocycles. The van der Waals surface area contributed by atoms with Gasteiger partial charge in [0.2, 0.25) is 0 Å². The summed E-state index contributed by atoms with van der Waals surface area (Å²) in [5.74, 6) is 0. The van der Waals surface area contributed by atoms with Gasteiger partial charge < -0.3 is 9.80 Å². The van der Waals surface area contributed by atoms with E-state index in [-0.39, 0.29) is 0 Å². The second-order valence-electron chi connectivity index (χ2n) is 14.2. The molecule has 0 atom stereocenters. The third-order valence-corrected chi connectivity index (χ3v) is 10.7. The first kappa shape index (κ1) is 31.7. The lowest BCUT2D eigenvalue weighted by Gasteiger charge is -2.37. The number of nitrogens with zero attached hydrogens (tertiary/aromatic N) is 6. The van der Waals surface area contributed by atoms with Crippen molar-refractivity contribution >= 4 is 35.2 Å². The molecule has 4 aliphatic rings. The van der Waals surface area contributed by atoms with Crippen LogP contribution in [0.1, 0.15) is 78.3 Å². The molecule has 0 N–H and O–H groups in total. The highest BCUT2D eigenvalue weighted by atomic mass is 15.5. The van der Waals surface area contributed by atoms with Gasteiger partial charge in [0.15, 0.2) is 0 Å². The van der Waals surface area contributed by atoms with Gasteiger partial charge in [-0.1, -0.05) is 36.4 Å². The maximum Gasteiger partial charge on any atom is 0.0593 e. The van der Waals surface area contributed by atoms with Crippen molar-refractivity contribution in [1.82, 2.24) is 0 Å². The summed E-state index contributed by atoms with van der Waals surface area (Å²) in [6, 6.07) is 30.8. The number of benzene rings is 4. The van der Waals surface area contributed by atoms with E-state index in [1.54, 1.807) is 0 Å². The minimum absolute atomic E-state index is 0.885. The van der Waals surface area contributed by atoms with Crippen LogP contribution < -0.4 is 19.8 Å². The lowest BCUT2D eigenvalue weighted by Crippen LogP contribution is -2.34. The maximum absolute atomic E-state index is 5.08. The fourth-order valence-corrected chi connectivity index (χ4v) is 8.49. The Kier molecular flexibility index (Phi) is 9.63. The summed E-state index contributed by atoms with van der Waals surface area (Å²) < 4.78 is 0. The fourth-order valence-electron chi connectivity index (χ4n) is 8.49. The van der Waals surface area contributed by atoms with E-state index in [2.05, 4.69) is 117 Å². The van der Waals surface area contributed by atoms with Crippen LogP contribution in [-0.2, 0) is 25.7 Å². The zero-order valence-electron chi connectivity index (χ0n) is 28.9. The SMILES string of the molecule is C(=N\N(CCCCCN(/N=C/c1cc2c3c(c1)CCCN3CCC2)c1ccccc1)c1ccccc1)/c1cc2c3c(c1)CCCN3CCC2. The molecule has 0 bridgehead atoms. The Morgan fingerprint density at radius 1 is 0.490 bits per heavy atom. The van der Waals surface area contributed by atoms with Crippen molar-refractivity contribution < 1.29 is 0 Å². The highest BCUT2D eigenvalue weighted by Gasteiger charge is 2.25. The van der Waals surface area contributed by atoms with Gasteiger partial charge in [-0.2, -0.15) is 10.2 Å². The molecule has 4 heterocycles. The van der Waals surface area contributed by atoms with E-state index in [0.717, 1.165) is 43.7 Å². The largest absolute Gasteiger partial charge is 0.371 e. The van der Waals surface area contributed by atoms with Crippen molar-refractivity contribution in [3.8, 4) is 0 Å².